The third kappa shape index (κ3) is 3.50. The van der Waals surface area contributed by atoms with E-state index in [4.69, 9.17) is 4.74 Å². The normalized spacial score (nSPS) is 13.4. The second kappa shape index (κ2) is 6.42. The standard InChI is InChI=1S/C17H29NO/c1-8-17(5,6)16(18-9-2)15-13(4)10-12(3)11-14(15)19-7/h10-11,16,18H,8-9H2,1-7H3. The maximum absolute atomic E-state index is 5.63. The lowest BCUT2D eigenvalue weighted by Crippen LogP contribution is -2.34. The molecule has 0 aliphatic heterocycles. The van der Waals surface area contributed by atoms with E-state index in [2.05, 4.69) is 59.0 Å². The van der Waals surface area contributed by atoms with E-state index in [9.17, 15) is 0 Å². The SMILES string of the molecule is CCNC(c1c(C)cc(C)cc1OC)C(C)(C)CC. The van der Waals surface area contributed by atoms with Crippen LogP contribution in [0.4, 0.5) is 0 Å². The fraction of sp³-hybridized carbons (Fsp3) is 0.647. The predicted octanol–water partition coefficient (Wildman–Crippen LogP) is 4.40. The van der Waals surface area contributed by atoms with E-state index in [1.165, 1.54) is 16.7 Å². The van der Waals surface area contributed by atoms with Gasteiger partial charge in [-0.05, 0) is 49.4 Å². The second-order valence-corrected chi connectivity index (χ2v) is 6.03. The molecule has 2 heteroatoms. The molecule has 0 saturated carbocycles. The molecule has 0 aliphatic rings. The first-order chi connectivity index (χ1) is 8.87. The van der Waals surface area contributed by atoms with Crippen molar-refractivity contribution in [2.24, 2.45) is 5.41 Å². The zero-order chi connectivity index (χ0) is 14.6. The molecule has 0 heterocycles. The van der Waals surface area contributed by atoms with Crippen LogP contribution < -0.4 is 10.1 Å². The van der Waals surface area contributed by atoms with E-state index in [0.717, 1.165) is 18.7 Å². The van der Waals surface area contributed by atoms with E-state index < -0.39 is 0 Å². The van der Waals surface area contributed by atoms with Gasteiger partial charge in [0.25, 0.3) is 0 Å². The molecule has 0 bridgehead atoms. The van der Waals surface area contributed by atoms with Crippen molar-refractivity contribution in [2.75, 3.05) is 13.7 Å². The van der Waals surface area contributed by atoms with Gasteiger partial charge in [-0.1, -0.05) is 33.8 Å². The van der Waals surface area contributed by atoms with E-state index >= 15 is 0 Å². The van der Waals surface area contributed by atoms with E-state index in [-0.39, 0.29) is 5.41 Å². The number of hydrogen-bond acceptors (Lipinski definition) is 2. The van der Waals surface area contributed by atoms with Gasteiger partial charge in [0.1, 0.15) is 5.75 Å². The van der Waals surface area contributed by atoms with Crippen molar-refractivity contribution < 1.29 is 4.74 Å². The highest BCUT2D eigenvalue weighted by atomic mass is 16.5. The Hall–Kier alpha value is -1.02. The van der Waals surface area contributed by atoms with Crippen LogP contribution in [0.5, 0.6) is 5.75 Å². The molecule has 1 aromatic rings. The highest BCUT2D eigenvalue weighted by Gasteiger charge is 2.31. The van der Waals surface area contributed by atoms with Crippen LogP contribution in [0.15, 0.2) is 12.1 Å². The predicted molar refractivity (Wildman–Crippen MR) is 83.0 cm³/mol. The van der Waals surface area contributed by atoms with Gasteiger partial charge in [-0.15, -0.1) is 0 Å². The summed E-state index contributed by atoms with van der Waals surface area (Å²) in [6.07, 6.45) is 1.13. The van der Waals surface area contributed by atoms with E-state index in [0.29, 0.717) is 6.04 Å². The molecule has 1 atom stereocenters. The zero-order valence-electron chi connectivity index (χ0n) is 13.6. The van der Waals surface area contributed by atoms with Crippen LogP contribution in [0.25, 0.3) is 0 Å². The second-order valence-electron chi connectivity index (χ2n) is 6.03. The van der Waals surface area contributed by atoms with Crippen molar-refractivity contribution in [1.82, 2.24) is 5.32 Å². The van der Waals surface area contributed by atoms with Gasteiger partial charge in [0.05, 0.1) is 7.11 Å². The Kier molecular flexibility index (Phi) is 5.42. The third-order valence-electron chi connectivity index (χ3n) is 4.10. The topological polar surface area (TPSA) is 21.3 Å². The fourth-order valence-electron chi connectivity index (χ4n) is 2.66. The molecule has 0 aliphatic carbocycles. The van der Waals surface area contributed by atoms with Gasteiger partial charge in [-0.2, -0.15) is 0 Å². The molecule has 19 heavy (non-hydrogen) atoms. The van der Waals surface area contributed by atoms with Crippen molar-refractivity contribution in [3.63, 3.8) is 0 Å². The number of hydrogen-bond donors (Lipinski definition) is 1. The number of methoxy groups -OCH3 is 1. The fourth-order valence-corrected chi connectivity index (χ4v) is 2.66. The molecule has 2 nitrogen and oxygen atoms in total. The number of aryl methyl sites for hydroxylation is 2. The molecule has 1 unspecified atom stereocenters. The maximum Gasteiger partial charge on any atom is 0.124 e. The van der Waals surface area contributed by atoms with Gasteiger partial charge in [0.2, 0.25) is 0 Å². The number of rotatable bonds is 6. The highest BCUT2D eigenvalue weighted by molar-refractivity contribution is 5.45. The van der Waals surface area contributed by atoms with Gasteiger partial charge < -0.3 is 10.1 Å². The summed E-state index contributed by atoms with van der Waals surface area (Å²) in [7, 11) is 1.76. The molecule has 0 fully saturated rings. The van der Waals surface area contributed by atoms with Gasteiger partial charge >= 0.3 is 0 Å². The average molecular weight is 263 g/mol. The van der Waals surface area contributed by atoms with Crippen LogP contribution in [-0.4, -0.2) is 13.7 Å². The highest BCUT2D eigenvalue weighted by Crippen LogP contribution is 2.41. The summed E-state index contributed by atoms with van der Waals surface area (Å²) in [5, 5.41) is 3.65. The van der Waals surface area contributed by atoms with Crippen LogP contribution >= 0.6 is 0 Å². The molecule has 0 amide bonds. The van der Waals surface area contributed by atoms with Gasteiger partial charge in [-0.3, -0.25) is 0 Å². The number of benzene rings is 1. The van der Waals surface area contributed by atoms with Gasteiger partial charge in [0.15, 0.2) is 0 Å². The molecular weight excluding hydrogens is 234 g/mol. The summed E-state index contributed by atoms with van der Waals surface area (Å²) in [6.45, 7) is 14.3. The Morgan fingerprint density at radius 3 is 2.32 bits per heavy atom. The first kappa shape index (κ1) is 16.0. The van der Waals surface area contributed by atoms with Gasteiger partial charge in [-0.25, -0.2) is 0 Å². The molecule has 1 N–H and O–H groups in total. The summed E-state index contributed by atoms with van der Waals surface area (Å²) in [6, 6.07) is 4.70. The molecular formula is C17H29NO. The largest absolute Gasteiger partial charge is 0.496 e. The van der Waals surface area contributed by atoms with Crippen molar-refractivity contribution in [3.8, 4) is 5.75 Å². The van der Waals surface area contributed by atoms with Crippen LogP contribution in [0.3, 0.4) is 0 Å². The summed E-state index contributed by atoms with van der Waals surface area (Å²) in [5.41, 5.74) is 4.07. The minimum Gasteiger partial charge on any atom is -0.496 e. The molecule has 0 aromatic heterocycles. The Labute approximate surface area is 118 Å². The van der Waals surface area contributed by atoms with Crippen molar-refractivity contribution >= 4 is 0 Å². The minimum atomic E-state index is 0.198. The molecule has 0 spiro atoms. The summed E-state index contributed by atoms with van der Waals surface area (Å²) in [5.74, 6) is 1.00. The Morgan fingerprint density at radius 2 is 1.84 bits per heavy atom. The molecule has 1 rings (SSSR count). The molecule has 0 saturated heterocycles. The van der Waals surface area contributed by atoms with E-state index in [1.807, 2.05) is 0 Å². The monoisotopic (exact) mass is 263 g/mol. The van der Waals surface area contributed by atoms with Gasteiger partial charge in [0, 0.05) is 11.6 Å². The lowest BCUT2D eigenvalue weighted by molar-refractivity contribution is 0.231. The quantitative estimate of drug-likeness (QED) is 0.821. The zero-order valence-corrected chi connectivity index (χ0v) is 13.6. The smallest absolute Gasteiger partial charge is 0.124 e. The third-order valence-corrected chi connectivity index (χ3v) is 4.10. The van der Waals surface area contributed by atoms with Crippen LogP contribution in [0, 0.1) is 19.3 Å². The molecule has 1 aromatic carbocycles. The first-order valence-electron chi connectivity index (χ1n) is 7.25. The maximum atomic E-state index is 5.63. The molecule has 108 valence electrons. The van der Waals surface area contributed by atoms with Crippen molar-refractivity contribution in [1.29, 1.82) is 0 Å². The summed E-state index contributed by atoms with van der Waals surface area (Å²) < 4.78 is 5.63. The van der Waals surface area contributed by atoms with Crippen molar-refractivity contribution in [3.05, 3.63) is 28.8 Å². The van der Waals surface area contributed by atoms with E-state index in [1.54, 1.807) is 7.11 Å². The lowest BCUT2D eigenvalue weighted by atomic mass is 9.76. The number of nitrogens with one attached hydrogen (secondary N) is 1. The number of ether oxygens (including phenoxy) is 1. The Morgan fingerprint density at radius 1 is 1.21 bits per heavy atom. The average Bonchev–Trinajstić information content (AvgIpc) is 2.35. The Bertz CT molecular complexity index is 424. The minimum absolute atomic E-state index is 0.198. The molecule has 0 radical (unpaired) electrons. The van der Waals surface area contributed by atoms with Crippen LogP contribution in [0.2, 0.25) is 0 Å². The lowest BCUT2D eigenvalue weighted by Gasteiger charge is -2.36. The van der Waals surface area contributed by atoms with Crippen LogP contribution in [0.1, 0.15) is 56.8 Å². The van der Waals surface area contributed by atoms with Crippen LogP contribution in [-0.2, 0) is 0 Å². The first-order valence-corrected chi connectivity index (χ1v) is 7.25. The summed E-state index contributed by atoms with van der Waals surface area (Å²) >= 11 is 0. The Balaban J connectivity index is 3.37. The van der Waals surface area contributed by atoms with Crippen molar-refractivity contribution in [2.45, 2.75) is 54.0 Å². The summed E-state index contributed by atoms with van der Waals surface area (Å²) in [4.78, 5) is 0.